The van der Waals surface area contributed by atoms with Gasteiger partial charge in [-0.3, -0.25) is 9.69 Å². The Morgan fingerprint density at radius 3 is 2.73 bits per heavy atom. The maximum atomic E-state index is 13.3. The van der Waals surface area contributed by atoms with Crippen molar-refractivity contribution in [1.82, 2.24) is 25.3 Å². The first kappa shape index (κ1) is 27.7. The van der Waals surface area contributed by atoms with Gasteiger partial charge < -0.3 is 20.3 Å². The number of hydrogen-bond donors (Lipinski definition) is 2. The van der Waals surface area contributed by atoms with E-state index in [4.69, 9.17) is 4.74 Å². The van der Waals surface area contributed by atoms with Crippen LogP contribution in [0.15, 0.2) is 42.6 Å². The Morgan fingerprint density at radius 1 is 1.05 bits per heavy atom. The highest BCUT2D eigenvalue weighted by atomic mass is 32.1. The van der Waals surface area contributed by atoms with Gasteiger partial charge in [-0.1, -0.05) is 29.5 Å². The second kappa shape index (κ2) is 12.2. The fourth-order valence-electron chi connectivity index (χ4n) is 5.81. The number of alkyl halides is 2. The van der Waals surface area contributed by atoms with Gasteiger partial charge in [-0.15, -0.1) is 15.3 Å². The number of benzene rings is 1. The molecule has 6 rings (SSSR count). The lowest BCUT2D eigenvalue weighted by Gasteiger charge is -2.36. The van der Waals surface area contributed by atoms with Gasteiger partial charge in [0.2, 0.25) is 16.2 Å². The monoisotopic (exact) mass is 584 g/mol. The predicted molar refractivity (Wildman–Crippen MR) is 152 cm³/mol. The smallest absolute Gasteiger partial charge is 0.255 e. The predicted octanol–water partition coefficient (Wildman–Crippen LogP) is 4.44. The van der Waals surface area contributed by atoms with Crippen LogP contribution in [0.2, 0.25) is 0 Å². The molecule has 1 aromatic carbocycles. The molecular weight excluding hydrogens is 550 g/mol. The fourth-order valence-corrected chi connectivity index (χ4v) is 6.55. The van der Waals surface area contributed by atoms with E-state index in [-0.39, 0.29) is 30.7 Å². The van der Waals surface area contributed by atoms with Crippen LogP contribution in [0, 0.1) is 5.92 Å². The molecule has 0 unspecified atom stereocenters. The number of ether oxygens (including phenoxy) is 1. The molecule has 3 aromatic rings. The largest absolute Gasteiger partial charge is 0.490 e. The number of hydrogen-bond acceptors (Lipinski definition) is 10. The van der Waals surface area contributed by atoms with Crippen molar-refractivity contribution >= 4 is 33.3 Å². The third-order valence-electron chi connectivity index (χ3n) is 7.86. The van der Waals surface area contributed by atoms with Gasteiger partial charge in [0.15, 0.2) is 5.82 Å². The first-order chi connectivity index (χ1) is 19.9. The van der Waals surface area contributed by atoms with Crippen molar-refractivity contribution in [2.24, 2.45) is 5.92 Å². The molecule has 1 aliphatic carbocycles. The van der Waals surface area contributed by atoms with Crippen LogP contribution in [0.3, 0.4) is 0 Å². The molecule has 1 saturated carbocycles. The van der Waals surface area contributed by atoms with Crippen LogP contribution in [-0.2, 0) is 11.3 Å². The summed E-state index contributed by atoms with van der Waals surface area (Å²) < 4.78 is 32.4. The van der Waals surface area contributed by atoms with Gasteiger partial charge >= 0.3 is 0 Å². The lowest BCUT2D eigenvalue weighted by molar-refractivity contribution is -0.134. The van der Waals surface area contributed by atoms with Crippen LogP contribution in [-0.4, -0.2) is 75.4 Å². The van der Waals surface area contributed by atoms with Crippen LogP contribution < -0.4 is 20.3 Å². The van der Waals surface area contributed by atoms with Crippen molar-refractivity contribution in [3.05, 3.63) is 48.2 Å². The van der Waals surface area contributed by atoms with Crippen LogP contribution >= 0.6 is 11.3 Å². The highest BCUT2D eigenvalue weighted by Crippen LogP contribution is 2.40. The van der Waals surface area contributed by atoms with E-state index in [1.807, 2.05) is 36.4 Å². The summed E-state index contributed by atoms with van der Waals surface area (Å²) in [4.78, 5) is 17.4. The molecule has 0 spiro atoms. The van der Waals surface area contributed by atoms with Crippen molar-refractivity contribution in [2.75, 3.05) is 41.7 Å². The first-order valence-corrected chi connectivity index (χ1v) is 15.0. The van der Waals surface area contributed by atoms with Gasteiger partial charge in [0.05, 0.1) is 0 Å². The zero-order valence-electron chi connectivity index (χ0n) is 22.7. The Bertz CT molecular complexity index is 1320. The molecule has 218 valence electrons. The van der Waals surface area contributed by atoms with Crippen molar-refractivity contribution in [3.8, 4) is 5.75 Å². The molecule has 3 fully saturated rings. The minimum Gasteiger partial charge on any atom is -0.490 e. The second-order valence-corrected chi connectivity index (χ2v) is 12.2. The highest BCUT2D eigenvalue weighted by molar-refractivity contribution is 7.19. The molecule has 2 saturated heterocycles. The van der Waals surface area contributed by atoms with Crippen LogP contribution in [0.4, 0.5) is 24.9 Å². The third-order valence-corrected chi connectivity index (χ3v) is 8.63. The van der Waals surface area contributed by atoms with Gasteiger partial charge in [0, 0.05) is 63.2 Å². The topological polar surface area (TPSA) is 108 Å². The Hall–Kier alpha value is -3.45. The molecule has 3 aliphatic rings. The van der Waals surface area contributed by atoms with E-state index < -0.39 is 12.0 Å². The number of amides is 1. The molecule has 41 heavy (non-hydrogen) atoms. The minimum absolute atomic E-state index is 0.0658. The number of nitrogens with zero attached hydrogens (tertiary/aromatic N) is 6. The molecule has 10 nitrogen and oxygen atoms in total. The molecule has 2 atom stereocenters. The van der Waals surface area contributed by atoms with E-state index in [1.54, 1.807) is 6.20 Å². The molecule has 0 radical (unpaired) electrons. The number of anilines is 3. The molecule has 0 bridgehead atoms. The minimum atomic E-state index is -2.61. The normalized spacial score (nSPS) is 22.7. The maximum absolute atomic E-state index is 13.3. The Labute approximate surface area is 241 Å². The van der Waals surface area contributed by atoms with Gasteiger partial charge in [0.25, 0.3) is 5.92 Å². The van der Waals surface area contributed by atoms with Gasteiger partial charge in [-0.05, 0) is 49.9 Å². The lowest BCUT2D eigenvalue weighted by Crippen LogP contribution is -2.43. The zero-order chi connectivity index (χ0) is 28.2. The van der Waals surface area contributed by atoms with Crippen molar-refractivity contribution in [1.29, 1.82) is 0 Å². The summed E-state index contributed by atoms with van der Waals surface area (Å²) in [5.74, 6) is -0.916. The van der Waals surface area contributed by atoms with Gasteiger partial charge in [-0.2, -0.15) is 5.10 Å². The number of halogens is 2. The third kappa shape index (κ3) is 7.25. The maximum Gasteiger partial charge on any atom is 0.255 e. The Morgan fingerprint density at radius 2 is 1.90 bits per heavy atom. The van der Waals surface area contributed by atoms with Crippen molar-refractivity contribution in [2.45, 2.75) is 63.1 Å². The summed E-state index contributed by atoms with van der Waals surface area (Å²) in [5, 5.41) is 24.0. The summed E-state index contributed by atoms with van der Waals surface area (Å²) in [6.07, 6.45) is 4.11. The molecular formula is C28H34F2N8O2S. The lowest BCUT2D eigenvalue weighted by atomic mass is 9.91. The van der Waals surface area contributed by atoms with E-state index in [1.165, 1.54) is 11.3 Å². The van der Waals surface area contributed by atoms with E-state index >= 15 is 0 Å². The van der Waals surface area contributed by atoms with E-state index in [0.29, 0.717) is 29.0 Å². The van der Waals surface area contributed by atoms with E-state index in [2.05, 4.69) is 40.8 Å². The van der Waals surface area contributed by atoms with Crippen LogP contribution in [0.1, 0.15) is 44.1 Å². The number of piperidine rings is 1. The summed E-state index contributed by atoms with van der Waals surface area (Å²) in [5.41, 5.74) is 0.990. The number of nitrogens with one attached hydrogen (secondary N) is 2. The van der Waals surface area contributed by atoms with E-state index in [0.717, 1.165) is 56.8 Å². The van der Waals surface area contributed by atoms with Gasteiger partial charge in [-0.25, -0.2) is 8.78 Å². The SMILES string of the molecule is O=C(C[C@@H]1CCCN(Cc2ccccc2OC2CC(F)(F)C2)C1)Nc1nnc(N[C@@H]2CCN(c3cccnn3)C2)s1. The number of rotatable bonds is 10. The van der Waals surface area contributed by atoms with Crippen molar-refractivity contribution < 1.29 is 18.3 Å². The number of aromatic nitrogens is 4. The summed E-state index contributed by atoms with van der Waals surface area (Å²) in [6.45, 7) is 4.06. The highest BCUT2D eigenvalue weighted by Gasteiger charge is 2.47. The fraction of sp³-hybridized carbons (Fsp3) is 0.536. The summed E-state index contributed by atoms with van der Waals surface area (Å²) >= 11 is 1.34. The molecule has 4 heterocycles. The molecule has 13 heteroatoms. The van der Waals surface area contributed by atoms with E-state index in [9.17, 15) is 13.6 Å². The number of para-hydroxylation sites is 1. The number of carbonyl (C=O) groups excluding carboxylic acids is 1. The number of likely N-dealkylation sites (tertiary alicyclic amines) is 1. The summed E-state index contributed by atoms with van der Waals surface area (Å²) in [7, 11) is 0. The number of carbonyl (C=O) groups is 1. The molecule has 2 aromatic heterocycles. The Kier molecular flexibility index (Phi) is 8.24. The standard InChI is InChI=1S/C28H34F2N8O2S/c29-28(30)14-22(15-28)40-23-7-2-1-6-20(23)17-37-11-4-5-19(16-37)13-25(39)33-27-36-35-26(41-27)32-21-9-12-38(18-21)24-8-3-10-31-34-24/h1-3,6-8,10,19,21-22H,4-5,9,11-18H2,(H,32,35)(H,33,36,39)/t19-,21+/m0/s1. The molecule has 1 amide bonds. The molecule has 2 N–H and O–H groups in total. The van der Waals surface area contributed by atoms with Crippen LogP contribution in [0.5, 0.6) is 5.75 Å². The van der Waals surface area contributed by atoms with Crippen LogP contribution in [0.25, 0.3) is 0 Å². The van der Waals surface area contributed by atoms with Gasteiger partial charge in [0.1, 0.15) is 11.9 Å². The average molecular weight is 585 g/mol. The van der Waals surface area contributed by atoms with Crippen molar-refractivity contribution in [3.63, 3.8) is 0 Å². The Balaban J connectivity index is 0.958. The zero-order valence-corrected chi connectivity index (χ0v) is 23.5. The quantitative estimate of drug-likeness (QED) is 0.358. The second-order valence-electron chi connectivity index (χ2n) is 11.2. The average Bonchev–Trinajstić information content (AvgIpc) is 3.59. The summed E-state index contributed by atoms with van der Waals surface area (Å²) in [6, 6.07) is 11.7. The first-order valence-electron chi connectivity index (χ1n) is 14.2. The molecule has 2 aliphatic heterocycles.